The summed E-state index contributed by atoms with van der Waals surface area (Å²) in [5.74, 6) is 0. The van der Waals surface area contributed by atoms with Crippen molar-refractivity contribution in [3.63, 3.8) is 0 Å². The van der Waals surface area contributed by atoms with Gasteiger partial charge in [-0.1, -0.05) is 0 Å². The molecule has 68 valence electrons. The van der Waals surface area contributed by atoms with E-state index in [9.17, 15) is 0 Å². The lowest BCUT2D eigenvalue weighted by molar-refractivity contribution is 0.283. The molecule has 13 heavy (non-hydrogen) atoms. The summed E-state index contributed by atoms with van der Waals surface area (Å²) in [4.78, 5) is 8.56. The number of nitrogens with zero attached hydrogens (tertiary/aromatic N) is 3. The Hall–Kier alpha value is -1.42. The molecule has 0 saturated carbocycles. The normalized spacial score (nSPS) is 11.0. The van der Waals surface area contributed by atoms with Gasteiger partial charge in [-0.15, -0.1) is 0 Å². The first-order chi connectivity index (χ1) is 6.22. The first-order valence-corrected chi connectivity index (χ1v) is 4.11. The third-order valence-electron chi connectivity index (χ3n) is 2.03. The molecule has 0 radical (unpaired) electrons. The zero-order valence-corrected chi connectivity index (χ0v) is 7.65. The monoisotopic (exact) mass is 177 g/mol. The fraction of sp³-hybridized carbons (Fsp3) is 0.333. The minimum absolute atomic E-state index is 0.00940. The second-order valence-electron chi connectivity index (χ2n) is 3.11. The van der Waals surface area contributed by atoms with Gasteiger partial charge in [-0.25, -0.2) is 9.97 Å². The van der Waals surface area contributed by atoms with Crippen LogP contribution in [0.4, 0.5) is 0 Å². The molecule has 0 spiro atoms. The quantitative estimate of drug-likeness (QED) is 0.700. The first kappa shape index (κ1) is 8.19. The van der Waals surface area contributed by atoms with E-state index in [1.165, 1.54) is 0 Å². The Morgan fingerprint density at radius 3 is 3.00 bits per heavy atom. The summed E-state index contributed by atoms with van der Waals surface area (Å²) >= 11 is 0. The van der Waals surface area contributed by atoms with Crippen LogP contribution in [0.5, 0.6) is 0 Å². The summed E-state index contributed by atoms with van der Waals surface area (Å²) in [5.41, 5.74) is 3.31. The standard InChI is InChI=1S/C9H11N3O/c1-6-3-10-9-8(11-6)7(5-13)4-12(9)2/h3-4,13H,5H2,1-2H3. The van der Waals surface area contributed by atoms with Crippen LogP contribution < -0.4 is 0 Å². The zero-order valence-electron chi connectivity index (χ0n) is 7.65. The molecular weight excluding hydrogens is 166 g/mol. The number of hydrogen-bond acceptors (Lipinski definition) is 3. The molecule has 0 saturated heterocycles. The van der Waals surface area contributed by atoms with Crippen LogP contribution in [-0.2, 0) is 13.7 Å². The van der Waals surface area contributed by atoms with Crippen LogP contribution in [0.3, 0.4) is 0 Å². The Kier molecular flexibility index (Phi) is 1.77. The van der Waals surface area contributed by atoms with Crippen molar-refractivity contribution in [2.75, 3.05) is 0 Å². The Balaban J connectivity index is 2.81. The number of aromatic nitrogens is 3. The predicted octanol–water partition coefficient (Wildman–Crippen LogP) is 0.769. The van der Waals surface area contributed by atoms with Crippen molar-refractivity contribution < 1.29 is 5.11 Å². The average molecular weight is 177 g/mol. The third kappa shape index (κ3) is 1.19. The van der Waals surface area contributed by atoms with E-state index in [0.29, 0.717) is 0 Å². The SMILES string of the molecule is Cc1cnc2c(n1)c(CO)cn2C. The highest BCUT2D eigenvalue weighted by atomic mass is 16.3. The fourth-order valence-electron chi connectivity index (χ4n) is 1.42. The number of rotatable bonds is 1. The second kappa shape index (κ2) is 2.81. The van der Waals surface area contributed by atoms with Gasteiger partial charge >= 0.3 is 0 Å². The van der Waals surface area contributed by atoms with Crippen LogP contribution >= 0.6 is 0 Å². The molecular formula is C9H11N3O. The molecule has 0 fully saturated rings. The molecule has 0 atom stereocenters. The molecule has 0 aromatic carbocycles. The van der Waals surface area contributed by atoms with Crippen molar-refractivity contribution in [3.05, 3.63) is 23.7 Å². The molecule has 4 heteroatoms. The van der Waals surface area contributed by atoms with Gasteiger partial charge in [0.05, 0.1) is 18.5 Å². The molecule has 0 aliphatic heterocycles. The van der Waals surface area contributed by atoms with Gasteiger partial charge in [0.15, 0.2) is 5.65 Å². The van der Waals surface area contributed by atoms with E-state index < -0.39 is 0 Å². The van der Waals surface area contributed by atoms with Crippen LogP contribution in [0.1, 0.15) is 11.3 Å². The second-order valence-corrected chi connectivity index (χ2v) is 3.11. The van der Waals surface area contributed by atoms with E-state index in [1.54, 1.807) is 6.20 Å². The van der Waals surface area contributed by atoms with Crippen LogP contribution in [0, 0.1) is 6.92 Å². The van der Waals surface area contributed by atoms with E-state index in [1.807, 2.05) is 24.7 Å². The topological polar surface area (TPSA) is 50.9 Å². The maximum absolute atomic E-state index is 9.06. The highest BCUT2D eigenvalue weighted by Crippen LogP contribution is 2.16. The summed E-state index contributed by atoms with van der Waals surface area (Å²) in [7, 11) is 1.89. The maximum atomic E-state index is 9.06. The Morgan fingerprint density at radius 2 is 2.31 bits per heavy atom. The molecule has 2 aromatic rings. The summed E-state index contributed by atoms with van der Waals surface area (Å²) in [6, 6.07) is 0. The Labute approximate surface area is 75.9 Å². The van der Waals surface area contributed by atoms with E-state index in [0.717, 1.165) is 22.4 Å². The number of aryl methyl sites for hydroxylation is 2. The highest BCUT2D eigenvalue weighted by molar-refractivity contribution is 5.75. The smallest absolute Gasteiger partial charge is 0.158 e. The van der Waals surface area contributed by atoms with Gasteiger partial charge in [0.25, 0.3) is 0 Å². The van der Waals surface area contributed by atoms with Crippen molar-refractivity contribution >= 4 is 11.2 Å². The van der Waals surface area contributed by atoms with E-state index >= 15 is 0 Å². The Bertz CT molecular complexity index is 447. The average Bonchev–Trinajstić information content (AvgIpc) is 2.42. The number of hydrogen-bond donors (Lipinski definition) is 1. The molecule has 0 unspecified atom stereocenters. The summed E-state index contributed by atoms with van der Waals surface area (Å²) in [6.07, 6.45) is 3.58. The number of aliphatic hydroxyl groups is 1. The van der Waals surface area contributed by atoms with Crippen LogP contribution in [0.15, 0.2) is 12.4 Å². The summed E-state index contributed by atoms with van der Waals surface area (Å²) in [5, 5.41) is 9.06. The molecule has 2 rings (SSSR count). The first-order valence-electron chi connectivity index (χ1n) is 4.11. The predicted molar refractivity (Wildman–Crippen MR) is 49.2 cm³/mol. The van der Waals surface area contributed by atoms with Crippen LogP contribution in [-0.4, -0.2) is 19.6 Å². The van der Waals surface area contributed by atoms with Crippen LogP contribution in [0.2, 0.25) is 0 Å². The fourth-order valence-corrected chi connectivity index (χ4v) is 1.42. The van der Waals surface area contributed by atoms with Gasteiger partial charge < -0.3 is 9.67 Å². The number of fused-ring (bicyclic) bond motifs is 1. The minimum Gasteiger partial charge on any atom is -0.392 e. The van der Waals surface area contributed by atoms with Gasteiger partial charge in [0.1, 0.15) is 5.52 Å². The molecule has 0 amide bonds. The lowest BCUT2D eigenvalue weighted by atomic mass is 10.3. The third-order valence-corrected chi connectivity index (χ3v) is 2.03. The molecule has 2 aromatic heterocycles. The van der Waals surface area contributed by atoms with Crippen molar-refractivity contribution in [1.82, 2.24) is 14.5 Å². The van der Waals surface area contributed by atoms with Crippen molar-refractivity contribution in [3.8, 4) is 0 Å². The van der Waals surface area contributed by atoms with Gasteiger partial charge in [-0.3, -0.25) is 0 Å². The van der Waals surface area contributed by atoms with E-state index in [4.69, 9.17) is 5.11 Å². The lowest BCUT2D eigenvalue weighted by Gasteiger charge is -1.95. The molecule has 1 N–H and O–H groups in total. The summed E-state index contributed by atoms with van der Waals surface area (Å²) in [6.45, 7) is 1.90. The molecule has 0 aliphatic rings. The Morgan fingerprint density at radius 1 is 1.54 bits per heavy atom. The lowest BCUT2D eigenvalue weighted by Crippen LogP contribution is -1.90. The van der Waals surface area contributed by atoms with Gasteiger partial charge in [-0.05, 0) is 6.92 Å². The van der Waals surface area contributed by atoms with Crippen molar-refractivity contribution in [2.24, 2.45) is 7.05 Å². The van der Waals surface area contributed by atoms with E-state index in [2.05, 4.69) is 9.97 Å². The van der Waals surface area contributed by atoms with Gasteiger partial charge in [0.2, 0.25) is 0 Å². The zero-order chi connectivity index (χ0) is 9.42. The van der Waals surface area contributed by atoms with Crippen molar-refractivity contribution in [2.45, 2.75) is 13.5 Å². The number of aliphatic hydroxyl groups excluding tert-OH is 1. The highest BCUT2D eigenvalue weighted by Gasteiger charge is 2.07. The maximum Gasteiger partial charge on any atom is 0.158 e. The minimum atomic E-state index is 0.00940. The molecule has 4 nitrogen and oxygen atoms in total. The van der Waals surface area contributed by atoms with Crippen LogP contribution in [0.25, 0.3) is 11.2 Å². The molecule has 0 aliphatic carbocycles. The molecule has 2 heterocycles. The largest absolute Gasteiger partial charge is 0.392 e. The summed E-state index contributed by atoms with van der Waals surface area (Å²) < 4.78 is 1.87. The van der Waals surface area contributed by atoms with Gasteiger partial charge in [0, 0.05) is 18.8 Å². The van der Waals surface area contributed by atoms with Crippen molar-refractivity contribution in [1.29, 1.82) is 0 Å². The van der Waals surface area contributed by atoms with Gasteiger partial charge in [-0.2, -0.15) is 0 Å². The molecule has 0 bridgehead atoms. The van der Waals surface area contributed by atoms with E-state index in [-0.39, 0.29) is 6.61 Å².